The molecule has 0 saturated heterocycles. The van der Waals surface area contributed by atoms with Gasteiger partial charge in [0.2, 0.25) is 0 Å². The third kappa shape index (κ3) is 4.92. The summed E-state index contributed by atoms with van der Waals surface area (Å²) in [7, 11) is 0. The van der Waals surface area contributed by atoms with Crippen LogP contribution in [-0.2, 0) is 13.0 Å². The summed E-state index contributed by atoms with van der Waals surface area (Å²) in [5.74, 6) is 2.41. The second kappa shape index (κ2) is 9.35. The average molecular weight is 406 g/mol. The Balaban J connectivity index is 1.26. The molecule has 2 N–H and O–H groups in total. The maximum Gasteiger partial charge on any atom is 0.315 e. The Morgan fingerprint density at radius 2 is 1.93 bits per heavy atom. The molecule has 2 heterocycles. The second-order valence-electron chi connectivity index (χ2n) is 7.23. The average Bonchev–Trinajstić information content (AvgIpc) is 3.21. The first-order valence-corrected chi connectivity index (χ1v) is 10.2. The lowest BCUT2D eigenvalue weighted by molar-refractivity contribution is 0.171. The molecule has 1 aromatic heterocycles. The van der Waals surface area contributed by atoms with Gasteiger partial charge in [-0.2, -0.15) is 0 Å². The zero-order chi connectivity index (χ0) is 20.8. The number of amides is 2. The number of rotatable bonds is 7. The Kier molecular flexibility index (Phi) is 6.17. The summed E-state index contributed by atoms with van der Waals surface area (Å²) < 4.78 is 13.3. The number of fused-ring (bicyclic) bond motifs is 1. The van der Waals surface area contributed by atoms with E-state index < -0.39 is 0 Å². The number of nitrogens with zero attached hydrogens (tertiary/aromatic N) is 2. The Labute approximate surface area is 176 Å². The SMILES string of the molecule is CC(NC(=O)NCCc1nccn1Cc1ccccc1)c1ccc2c(c1)OCCO2. The first-order valence-electron chi connectivity index (χ1n) is 10.2. The Morgan fingerprint density at radius 3 is 2.77 bits per heavy atom. The third-order valence-electron chi connectivity index (χ3n) is 5.05. The number of urea groups is 1. The van der Waals surface area contributed by atoms with Crippen LogP contribution in [0.1, 0.15) is 29.9 Å². The molecule has 3 aromatic rings. The van der Waals surface area contributed by atoms with Crippen molar-refractivity contribution < 1.29 is 14.3 Å². The minimum absolute atomic E-state index is 0.152. The quantitative estimate of drug-likeness (QED) is 0.631. The highest BCUT2D eigenvalue weighted by Gasteiger charge is 2.15. The third-order valence-corrected chi connectivity index (χ3v) is 5.05. The molecule has 7 heteroatoms. The summed E-state index contributed by atoms with van der Waals surface area (Å²) in [6.07, 6.45) is 4.42. The van der Waals surface area contributed by atoms with Gasteiger partial charge in [0, 0.05) is 31.9 Å². The molecule has 2 aromatic carbocycles. The van der Waals surface area contributed by atoms with E-state index in [1.165, 1.54) is 5.56 Å². The van der Waals surface area contributed by atoms with Gasteiger partial charge in [0.05, 0.1) is 6.04 Å². The summed E-state index contributed by atoms with van der Waals surface area (Å²) in [4.78, 5) is 16.7. The first-order chi connectivity index (χ1) is 14.7. The van der Waals surface area contributed by atoms with Crippen molar-refractivity contribution in [2.45, 2.75) is 25.9 Å². The molecule has 30 heavy (non-hydrogen) atoms. The van der Waals surface area contributed by atoms with Crippen molar-refractivity contribution in [3.05, 3.63) is 77.9 Å². The zero-order valence-corrected chi connectivity index (χ0v) is 17.0. The largest absolute Gasteiger partial charge is 0.486 e. The molecule has 1 unspecified atom stereocenters. The van der Waals surface area contributed by atoms with Crippen LogP contribution in [0, 0.1) is 0 Å². The van der Waals surface area contributed by atoms with E-state index in [1.54, 1.807) is 6.20 Å². The maximum absolute atomic E-state index is 12.3. The Bertz CT molecular complexity index is 987. The molecule has 2 amide bonds. The number of aromatic nitrogens is 2. The lowest BCUT2D eigenvalue weighted by atomic mass is 10.1. The number of ether oxygens (including phenoxy) is 2. The van der Waals surface area contributed by atoms with Gasteiger partial charge >= 0.3 is 6.03 Å². The predicted molar refractivity (Wildman–Crippen MR) is 114 cm³/mol. The Morgan fingerprint density at radius 1 is 1.13 bits per heavy atom. The van der Waals surface area contributed by atoms with E-state index in [4.69, 9.17) is 9.47 Å². The van der Waals surface area contributed by atoms with Crippen molar-refractivity contribution in [1.82, 2.24) is 20.2 Å². The van der Waals surface area contributed by atoms with Gasteiger partial charge in [-0.1, -0.05) is 36.4 Å². The van der Waals surface area contributed by atoms with E-state index in [1.807, 2.05) is 49.5 Å². The molecule has 1 aliphatic heterocycles. The number of benzene rings is 2. The van der Waals surface area contributed by atoms with Crippen LogP contribution in [-0.4, -0.2) is 35.3 Å². The molecule has 0 spiro atoms. The number of hydrogen-bond donors (Lipinski definition) is 2. The van der Waals surface area contributed by atoms with E-state index in [2.05, 4.69) is 32.3 Å². The van der Waals surface area contributed by atoms with Crippen LogP contribution >= 0.6 is 0 Å². The van der Waals surface area contributed by atoms with Crippen molar-refractivity contribution in [2.75, 3.05) is 19.8 Å². The predicted octanol–water partition coefficient (Wildman–Crippen LogP) is 3.31. The van der Waals surface area contributed by atoms with Crippen molar-refractivity contribution in [3.8, 4) is 11.5 Å². The Hall–Kier alpha value is -3.48. The van der Waals surface area contributed by atoms with Gasteiger partial charge in [-0.3, -0.25) is 0 Å². The molecule has 0 radical (unpaired) electrons. The second-order valence-corrected chi connectivity index (χ2v) is 7.23. The fraction of sp³-hybridized carbons (Fsp3) is 0.304. The van der Waals surface area contributed by atoms with E-state index in [0.29, 0.717) is 26.2 Å². The fourth-order valence-corrected chi connectivity index (χ4v) is 3.44. The van der Waals surface area contributed by atoms with E-state index in [-0.39, 0.29) is 12.1 Å². The smallest absolute Gasteiger partial charge is 0.315 e. The standard InChI is InChI=1S/C23H26N4O3/c1-17(19-7-8-20-21(15-19)30-14-13-29-20)26-23(28)25-10-9-22-24-11-12-27(22)16-18-5-3-2-4-6-18/h2-8,11-12,15,17H,9-10,13-14,16H2,1H3,(H2,25,26,28). The summed E-state index contributed by atoms with van der Waals surface area (Å²) >= 11 is 0. The van der Waals surface area contributed by atoms with Gasteiger partial charge in [-0.05, 0) is 30.2 Å². The highest BCUT2D eigenvalue weighted by molar-refractivity contribution is 5.74. The molecule has 0 aliphatic carbocycles. The van der Waals surface area contributed by atoms with E-state index >= 15 is 0 Å². The summed E-state index contributed by atoms with van der Waals surface area (Å²) in [6, 6.07) is 15.6. The topological polar surface area (TPSA) is 77.4 Å². The molecular weight excluding hydrogens is 380 g/mol. The van der Waals surface area contributed by atoms with Gasteiger partial charge in [0.15, 0.2) is 11.5 Å². The normalized spacial score (nSPS) is 13.5. The minimum Gasteiger partial charge on any atom is -0.486 e. The molecule has 0 bridgehead atoms. The monoisotopic (exact) mass is 406 g/mol. The molecular formula is C23H26N4O3. The maximum atomic E-state index is 12.3. The number of hydrogen-bond acceptors (Lipinski definition) is 4. The zero-order valence-electron chi connectivity index (χ0n) is 17.0. The van der Waals surface area contributed by atoms with Crippen molar-refractivity contribution >= 4 is 6.03 Å². The molecule has 0 saturated carbocycles. The van der Waals surface area contributed by atoms with E-state index in [0.717, 1.165) is 29.4 Å². The van der Waals surface area contributed by atoms with Crippen LogP contribution in [0.25, 0.3) is 0 Å². The minimum atomic E-state index is -0.210. The van der Waals surface area contributed by atoms with Crippen molar-refractivity contribution in [2.24, 2.45) is 0 Å². The lowest BCUT2D eigenvalue weighted by Crippen LogP contribution is -2.38. The molecule has 7 nitrogen and oxygen atoms in total. The van der Waals surface area contributed by atoms with Gasteiger partial charge in [-0.15, -0.1) is 0 Å². The number of nitrogens with one attached hydrogen (secondary N) is 2. The number of carbonyl (C=O) groups excluding carboxylic acids is 1. The van der Waals surface area contributed by atoms with E-state index in [9.17, 15) is 4.79 Å². The molecule has 0 fully saturated rings. The first kappa shape index (κ1) is 19.8. The summed E-state index contributed by atoms with van der Waals surface area (Å²) in [6.45, 7) is 4.32. The highest BCUT2D eigenvalue weighted by Crippen LogP contribution is 2.32. The summed E-state index contributed by atoms with van der Waals surface area (Å²) in [5.41, 5.74) is 2.18. The van der Waals surface area contributed by atoms with Crippen molar-refractivity contribution in [3.63, 3.8) is 0 Å². The van der Waals surface area contributed by atoms with Gasteiger partial charge in [0.1, 0.15) is 19.0 Å². The van der Waals surface area contributed by atoms with Gasteiger partial charge in [-0.25, -0.2) is 9.78 Å². The fourth-order valence-electron chi connectivity index (χ4n) is 3.44. The molecule has 156 valence electrons. The summed E-state index contributed by atoms with van der Waals surface area (Å²) in [5, 5.41) is 5.88. The number of carbonyl (C=O) groups is 1. The van der Waals surface area contributed by atoms with Gasteiger partial charge in [0.25, 0.3) is 0 Å². The van der Waals surface area contributed by atoms with Crippen LogP contribution in [0.2, 0.25) is 0 Å². The molecule has 1 atom stereocenters. The van der Waals surface area contributed by atoms with Crippen LogP contribution in [0.5, 0.6) is 11.5 Å². The molecule has 1 aliphatic rings. The van der Waals surface area contributed by atoms with Crippen LogP contribution < -0.4 is 20.1 Å². The lowest BCUT2D eigenvalue weighted by Gasteiger charge is -2.21. The molecule has 4 rings (SSSR count). The van der Waals surface area contributed by atoms with Crippen LogP contribution in [0.3, 0.4) is 0 Å². The highest BCUT2D eigenvalue weighted by atomic mass is 16.6. The van der Waals surface area contributed by atoms with Gasteiger partial charge < -0.3 is 24.7 Å². The van der Waals surface area contributed by atoms with Crippen molar-refractivity contribution in [1.29, 1.82) is 0 Å². The number of imidazole rings is 1. The van der Waals surface area contributed by atoms with Crippen LogP contribution in [0.15, 0.2) is 60.9 Å². The van der Waals surface area contributed by atoms with Crippen LogP contribution in [0.4, 0.5) is 4.79 Å².